The van der Waals surface area contributed by atoms with E-state index in [1.165, 1.54) is 11.6 Å². The molecule has 6 heteroatoms. The molecule has 1 fully saturated rings. The first-order chi connectivity index (χ1) is 20.5. The average Bonchev–Trinajstić information content (AvgIpc) is 2.92. The molecule has 0 unspecified atom stereocenters. The molecule has 0 saturated heterocycles. The minimum Gasteiger partial charge on any atom is -0.504 e. The number of aromatic hydroxyl groups is 2. The zero-order chi connectivity index (χ0) is 32.8. The highest BCUT2D eigenvalue weighted by Crippen LogP contribution is 2.67. The highest BCUT2D eigenvalue weighted by Gasteiger charge is 2.72. The SMILES string of the molecule is CC(C)=CCC[C@@]1(C)[C@@H](CC=C(C)C)C[C@]2(CC=C(C)C)C(=O)c3c(oc4cc(O)c(O)cc4c3=O)[C@@]1(CC=C(C)C)C2=O. The van der Waals surface area contributed by atoms with Gasteiger partial charge in [0.05, 0.1) is 16.2 Å². The Balaban J connectivity index is 2.24. The maximum atomic E-state index is 15.5. The topological polar surface area (TPSA) is 105 Å². The first-order valence-corrected chi connectivity index (χ1v) is 15.7. The Kier molecular flexibility index (Phi) is 9.08. The average molecular weight is 601 g/mol. The van der Waals surface area contributed by atoms with Crippen molar-refractivity contribution in [3.8, 4) is 11.5 Å². The summed E-state index contributed by atoms with van der Waals surface area (Å²) in [6.45, 7) is 18.2. The summed E-state index contributed by atoms with van der Waals surface area (Å²) < 4.78 is 6.54. The maximum absolute atomic E-state index is 15.5. The Bertz CT molecular complexity index is 1680. The third-order valence-corrected chi connectivity index (χ3v) is 10.0. The molecule has 0 amide bonds. The molecule has 0 aliphatic heterocycles. The van der Waals surface area contributed by atoms with Gasteiger partial charge in [0.2, 0.25) is 5.43 Å². The number of hydrogen-bond acceptors (Lipinski definition) is 6. The molecule has 1 aromatic carbocycles. The van der Waals surface area contributed by atoms with Crippen molar-refractivity contribution in [3.63, 3.8) is 0 Å². The van der Waals surface area contributed by atoms with E-state index in [2.05, 4.69) is 46.8 Å². The fourth-order valence-electron chi connectivity index (χ4n) is 7.50. The van der Waals surface area contributed by atoms with Crippen molar-refractivity contribution in [2.45, 2.75) is 106 Å². The highest BCUT2D eigenvalue weighted by molar-refractivity contribution is 6.23. The van der Waals surface area contributed by atoms with Crippen LogP contribution in [-0.2, 0) is 10.2 Å². The number of phenols is 2. The quantitative estimate of drug-likeness (QED) is 0.169. The summed E-state index contributed by atoms with van der Waals surface area (Å²) >= 11 is 0. The molecule has 4 rings (SSSR count). The van der Waals surface area contributed by atoms with Crippen molar-refractivity contribution < 1.29 is 24.2 Å². The third kappa shape index (κ3) is 5.31. The van der Waals surface area contributed by atoms with Gasteiger partial charge >= 0.3 is 0 Å². The molecule has 1 aromatic heterocycles. The molecule has 6 nitrogen and oxygen atoms in total. The van der Waals surface area contributed by atoms with E-state index >= 15 is 4.79 Å². The van der Waals surface area contributed by atoms with Crippen molar-refractivity contribution in [2.24, 2.45) is 16.7 Å². The van der Waals surface area contributed by atoms with Crippen LogP contribution in [-0.4, -0.2) is 21.8 Å². The number of allylic oxidation sites excluding steroid dienone is 8. The van der Waals surface area contributed by atoms with E-state index in [9.17, 15) is 19.8 Å². The van der Waals surface area contributed by atoms with Crippen LogP contribution in [0.5, 0.6) is 11.5 Å². The van der Waals surface area contributed by atoms with Crippen LogP contribution in [0.2, 0.25) is 0 Å². The Morgan fingerprint density at radius 3 is 2.00 bits per heavy atom. The first-order valence-electron chi connectivity index (χ1n) is 15.7. The van der Waals surface area contributed by atoms with Crippen molar-refractivity contribution in [2.75, 3.05) is 0 Å². The zero-order valence-electron chi connectivity index (χ0n) is 27.8. The summed E-state index contributed by atoms with van der Waals surface area (Å²) in [7, 11) is 0. The number of Topliss-reactive ketones (excluding diaryl/α,β-unsaturated/α-hetero) is 2. The number of carbonyl (C=O) groups is 2. The molecule has 236 valence electrons. The molecule has 2 bridgehead atoms. The summed E-state index contributed by atoms with van der Waals surface area (Å²) in [4.78, 5) is 44.6. The van der Waals surface area contributed by atoms with E-state index in [4.69, 9.17) is 4.42 Å². The van der Waals surface area contributed by atoms with Gasteiger partial charge < -0.3 is 14.6 Å². The molecule has 4 atom stereocenters. The van der Waals surface area contributed by atoms with Gasteiger partial charge in [-0.15, -0.1) is 0 Å². The molecule has 2 aromatic rings. The summed E-state index contributed by atoms with van der Waals surface area (Å²) in [5.74, 6) is -1.57. The molecule has 0 spiro atoms. The molecular formula is C38H48O6. The lowest BCUT2D eigenvalue weighted by Gasteiger charge is -2.61. The summed E-state index contributed by atoms with van der Waals surface area (Å²) in [5, 5.41) is 20.6. The Morgan fingerprint density at radius 2 is 1.41 bits per heavy atom. The second kappa shape index (κ2) is 12.0. The number of fused-ring (bicyclic) bond motifs is 5. The molecule has 44 heavy (non-hydrogen) atoms. The first kappa shape index (κ1) is 33.2. The summed E-state index contributed by atoms with van der Waals surface area (Å²) in [6, 6.07) is 2.35. The second-order valence-corrected chi connectivity index (χ2v) is 14.2. The largest absolute Gasteiger partial charge is 0.504 e. The monoisotopic (exact) mass is 600 g/mol. The number of ketones is 2. The van der Waals surface area contributed by atoms with Gasteiger partial charge in [0.1, 0.15) is 16.9 Å². The molecule has 0 radical (unpaired) electrons. The minimum atomic E-state index is -1.43. The molecule has 2 aliphatic carbocycles. The van der Waals surface area contributed by atoms with Gasteiger partial charge in [-0.05, 0) is 111 Å². The van der Waals surface area contributed by atoms with E-state index in [0.717, 1.165) is 29.2 Å². The lowest BCUT2D eigenvalue weighted by molar-refractivity contribution is -0.153. The Hall–Kier alpha value is -3.67. The number of phenolic OH excluding ortho intramolecular Hbond substituents is 2. The van der Waals surface area contributed by atoms with Crippen molar-refractivity contribution in [1.82, 2.24) is 0 Å². The standard InChI is InChI=1S/C38H48O6/c1-22(2)11-10-16-36(9)26(13-12-23(3)4)21-37(17-14-24(5)6)33(42)31-32(41)27-19-28(39)29(40)20-30(27)44-34(31)38(36,35(37)43)18-15-25(7)8/h11-12,14-15,19-20,26,39-40H,10,13,16-18,21H2,1-9H3/t26-,36-,37+,38-/m0/s1. The molecule has 2 aliphatic rings. The van der Waals surface area contributed by atoms with Crippen LogP contribution in [0.1, 0.15) is 117 Å². The van der Waals surface area contributed by atoms with Crippen LogP contribution in [0.4, 0.5) is 0 Å². The van der Waals surface area contributed by atoms with E-state index in [0.29, 0.717) is 19.3 Å². The van der Waals surface area contributed by atoms with Crippen LogP contribution in [0, 0.1) is 16.7 Å². The normalized spacial score (nSPS) is 25.7. The highest BCUT2D eigenvalue weighted by atomic mass is 16.3. The molecule has 2 N–H and O–H groups in total. The van der Waals surface area contributed by atoms with E-state index < -0.39 is 39.0 Å². The predicted octanol–water partition coefficient (Wildman–Crippen LogP) is 9.04. The molecule has 1 saturated carbocycles. The van der Waals surface area contributed by atoms with Crippen LogP contribution >= 0.6 is 0 Å². The third-order valence-electron chi connectivity index (χ3n) is 10.0. The lowest BCUT2D eigenvalue weighted by atomic mass is 9.38. The number of rotatable bonds is 9. The van der Waals surface area contributed by atoms with Gasteiger partial charge in [-0.3, -0.25) is 14.4 Å². The van der Waals surface area contributed by atoms with Crippen LogP contribution in [0.25, 0.3) is 11.0 Å². The second-order valence-electron chi connectivity index (χ2n) is 14.2. The fraction of sp³-hybridized carbons (Fsp3) is 0.500. The molecule has 1 heterocycles. The summed E-state index contributed by atoms with van der Waals surface area (Å²) in [6.07, 6.45) is 11.2. The minimum absolute atomic E-state index is 0.00175. The molecular weight excluding hydrogens is 552 g/mol. The van der Waals surface area contributed by atoms with Crippen LogP contribution < -0.4 is 5.43 Å². The van der Waals surface area contributed by atoms with E-state index in [-0.39, 0.29) is 46.8 Å². The lowest BCUT2D eigenvalue weighted by Crippen LogP contribution is -2.68. The van der Waals surface area contributed by atoms with Gasteiger partial charge in [-0.25, -0.2) is 0 Å². The van der Waals surface area contributed by atoms with Gasteiger partial charge in [0, 0.05) is 6.07 Å². The van der Waals surface area contributed by atoms with Gasteiger partial charge in [0.15, 0.2) is 23.1 Å². The van der Waals surface area contributed by atoms with Crippen LogP contribution in [0.15, 0.2) is 67.9 Å². The Labute approximate surface area is 261 Å². The smallest absolute Gasteiger partial charge is 0.204 e. The fourth-order valence-corrected chi connectivity index (χ4v) is 7.50. The van der Waals surface area contributed by atoms with Crippen molar-refractivity contribution in [3.05, 3.63) is 80.3 Å². The number of hydrogen-bond donors (Lipinski definition) is 2. The number of carbonyl (C=O) groups excluding carboxylic acids is 2. The maximum Gasteiger partial charge on any atom is 0.204 e. The zero-order valence-corrected chi connectivity index (χ0v) is 27.8. The van der Waals surface area contributed by atoms with Crippen molar-refractivity contribution >= 4 is 22.5 Å². The van der Waals surface area contributed by atoms with Gasteiger partial charge in [0.25, 0.3) is 0 Å². The van der Waals surface area contributed by atoms with E-state index in [1.807, 2.05) is 39.8 Å². The van der Waals surface area contributed by atoms with Gasteiger partial charge in [-0.1, -0.05) is 53.5 Å². The van der Waals surface area contributed by atoms with Crippen molar-refractivity contribution in [1.29, 1.82) is 0 Å². The Morgan fingerprint density at radius 1 is 0.841 bits per heavy atom. The number of benzene rings is 1. The summed E-state index contributed by atoms with van der Waals surface area (Å²) in [5.41, 5.74) is 0.266. The van der Waals surface area contributed by atoms with Gasteiger partial charge in [-0.2, -0.15) is 0 Å². The van der Waals surface area contributed by atoms with Crippen LogP contribution in [0.3, 0.4) is 0 Å². The predicted molar refractivity (Wildman–Crippen MR) is 176 cm³/mol. The van der Waals surface area contributed by atoms with E-state index in [1.54, 1.807) is 0 Å².